The van der Waals surface area contributed by atoms with Gasteiger partial charge in [-0.25, -0.2) is 34.1 Å². The molecule has 0 amide bonds. The highest BCUT2D eigenvalue weighted by Crippen LogP contribution is 2.36. The van der Waals surface area contributed by atoms with E-state index in [0.717, 1.165) is 11.4 Å². The van der Waals surface area contributed by atoms with Crippen LogP contribution in [0.4, 0.5) is 10.2 Å². The van der Waals surface area contributed by atoms with Crippen LogP contribution in [0.25, 0.3) is 10.9 Å². The van der Waals surface area contributed by atoms with Crippen LogP contribution in [0.3, 0.4) is 0 Å². The van der Waals surface area contributed by atoms with Gasteiger partial charge in [-0.2, -0.15) is 0 Å². The molecule has 0 bridgehead atoms. The zero-order chi connectivity index (χ0) is 27.0. The van der Waals surface area contributed by atoms with Crippen LogP contribution in [0.2, 0.25) is 5.02 Å². The monoisotopic (exact) mass is 515 g/mol. The minimum Gasteiger partial charge on any atom is -0.464 e. The SMILES string of the molecule is CN=CN=C(C)C(C)N(C)c1ncnc2c(C(C)(C)F)cc(Cl)cc12.COC(=O)c1cc(C)ncn1. The van der Waals surface area contributed by atoms with Crippen LogP contribution in [0, 0.1) is 6.92 Å². The van der Waals surface area contributed by atoms with E-state index >= 15 is 0 Å². The quantitative estimate of drug-likeness (QED) is 0.258. The van der Waals surface area contributed by atoms with Crippen molar-refractivity contribution in [2.45, 2.75) is 46.3 Å². The van der Waals surface area contributed by atoms with Gasteiger partial charge in [0.25, 0.3) is 0 Å². The van der Waals surface area contributed by atoms with E-state index in [-0.39, 0.29) is 6.04 Å². The van der Waals surface area contributed by atoms with E-state index < -0.39 is 11.6 Å². The highest BCUT2D eigenvalue weighted by atomic mass is 35.5. The van der Waals surface area contributed by atoms with Crippen LogP contribution in [0.1, 0.15) is 49.4 Å². The number of rotatable bonds is 6. The fourth-order valence-electron chi connectivity index (χ4n) is 3.24. The first-order valence-electron chi connectivity index (χ1n) is 11.1. The Balaban J connectivity index is 0.000000346. The Morgan fingerprint density at radius 3 is 2.44 bits per heavy atom. The number of benzene rings is 1. The molecule has 9 nitrogen and oxygen atoms in total. The second-order valence-electron chi connectivity index (χ2n) is 8.49. The van der Waals surface area contributed by atoms with Crippen molar-refractivity contribution in [2.75, 3.05) is 26.1 Å². The highest BCUT2D eigenvalue weighted by molar-refractivity contribution is 6.31. The van der Waals surface area contributed by atoms with E-state index in [1.165, 1.54) is 40.0 Å². The van der Waals surface area contributed by atoms with Gasteiger partial charge in [0.05, 0.1) is 18.7 Å². The number of fused-ring (bicyclic) bond motifs is 1. The number of hydrogen-bond acceptors (Lipinski definition) is 8. The average molecular weight is 516 g/mol. The molecule has 0 aliphatic rings. The predicted octanol–water partition coefficient (Wildman–Crippen LogP) is 5.00. The number of esters is 1. The first-order chi connectivity index (χ1) is 16.9. The van der Waals surface area contributed by atoms with E-state index in [0.29, 0.717) is 33.0 Å². The minimum atomic E-state index is -1.56. The molecule has 0 N–H and O–H groups in total. The standard InChI is InChI=1S/C18H23ClFN5.C7H8N2O2/c1-11(22-9-21-5)12(2)25(6)17-14-7-13(19)8-15(18(3,4)20)16(14)23-10-24-17;1-5-3-6(7(10)11-2)9-4-8-5/h7-10,12H,1-6H3;3-4H,1-2H3. The summed E-state index contributed by atoms with van der Waals surface area (Å²) >= 11 is 6.24. The third-order valence-electron chi connectivity index (χ3n) is 5.42. The largest absolute Gasteiger partial charge is 0.464 e. The van der Waals surface area contributed by atoms with E-state index in [4.69, 9.17) is 11.6 Å². The fraction of sp³-hybridized carbons (Fsp3) is 0.400. The Morgan fingerprint density at radius 2 is 1.86 bits per heavy atom. The topological polar surface area (TPSA) is 106 Å². The summed E-state index contributed by atoms with van der Waals surface area (Å²) in [4.78, 5) is 37.3. The smallest absolute Gasteiger partial charge is 0.356 e. The molecule has 0 aliphatic carbocycles. The zero-order valence-electron chi connectivity index (χ0n) is 21.7. The third kappa shape index (κ3) is 7.24. The number of nitrogens with zero attached hydrogens (tertiary/aromatic N) is 7. The normalized spacial score (nSPS) is 12.8. The lowest BCUT2D eigenvalue weighted by molar-refractivity contribution is 0.0593. The Bertz CT molecular complexity index is 1270. The van der Waals surface area contributed by atoms with Crippen LogP contribution in [0.15, 0.2) is 40.8 Å². The molecule has 192 valence electrons. The Labute approximate surface area is 215 Å². The molecule has 2 aromatic heterocycles. The summed E-state index contributed by atoms with van der Waals surface area (Å²) in [6.45, 7) is 8.71. The van der Waals surface area contributed by atoms with Gasteiger partial charge in [0.1, 0.15) is 30.5 Å². The summed E-state index contributed by atoms with van der Waals surface area (Å²) < 4.78 is 19.1. The van der Waals surface area contributed by atoms with Crippen LogP contribution in [0.5, 0.6) is 0 Å². The molecular formula is C25H31ClFN7O2. The summed E-state index contributed by atoms with van der Waals surface area (Å²) in [5.74, 6) is 0.240. The number of aromatic nitrogens is 4. The van der Waals surface area contributed by atoms with Crippen LogP contribution in [-0.4, -0.2) is 65.2 Å². The van der Waals surface area contributed by atoms with Gasteiger partial charge in [-0.15, -0.1) is 0 Å². The number of anilines is 1. The van der Waals surface area contributed by atoms with Gasteiger partial charge < -0.3 is 9.64 Å². The van der Waals surface area contributed by atoms with Gasteiger partial charge in [-0.3, -0.25) is 4.99 Å². The van der Waals surface area contributed by atoms with Crippen molar-refractivity contribution in [3.8, 4) is 0 Å². The van der Waals surface area contributed by atoms with Crippen molar-refractivity contribution < 1.29 is 13.9 Å². The van der Waals surface area contributed by atoms with Gasteiger partial charge in [0.15, 0.2) is 5.69 Å². The zero-order valence-corrected chi connectivity index (χ0v) is 22.5. The molecule has 2 heterocycles. The molecule has 0 radical (unpaired) electrons. The van der Waals surface area contributed by atoms with Crippen molar-refractivity contribution in [2.24, 2.45) is 9.98 Å². The highest BCUT2D eigenvalue weighted by Gasteiger charge is 2.25. The van der Waals surface area contributed by atoms with Crippen molar-refractivity contribution in [1.29, 1.82) is 0 Å². The van der Waals surface area contributed by atoms with Crippen LogP contribution < -0.4 is 4.90 Å². The summed E-state index contributed by atoms with van der Waals surface area (Å²) in [5, 5.41) is 1.16. The molecule has 1 unspecified atom stereocenters. The van der Waals surface area contributed by atoms with Gasteiger partial charge >= 0.3 is 5.97 Å². The molecule has 0 spiro atoms. The predicted molar refractivity (Wildman–Crippen MR) is 142 cm³/mol. The van der Waals surface area contributed by atoms with E-state index in [1.807, 2.05) is 25.8 Å². The number of carbonyl (C=O) groups excluding carboxylic acids is 1. The Kier molecular flexibility index (Phi) is 9.92. The minimum absolute atomic E-state index is 0.0306. The summed E-state index contributed by atoms with van der Waals surface area (Å²) in [6, 6.07) is 4.93. The van der Waals surface area contributed by atoms with Crippen LogP contribution in [-0.2, 0) is 10.4 Å². The molecular weight excluding hydrogens is 485 g/mol. The molecule has 11 heteroatoms. The number of aryl methyl sites for hydroxylation is 1. The number of methoxy groups -OCH3 is 1. The van der Waals surface area contributed by atoms with Crippen molar-refractivity contribution >= 4 is 46.3 Å². The second kappa shape index (κ2) is 12.4. The van der Waals surface area contributed by atoms with Crippen molar-refractivity contribution in [3.05, 3.63) is 52.8 Å². The van der Waals surface area contributed by atoms with Gasteiger partial charge in [0, 0.05) is 41.5 Å². The first-order valence-corrected chi connectivity index (χ1v) is 11.5. The molecule has 3 rings (SSSR count). The maximum atomic E-state index is 14.6. The maximum Gasteiger partial charge on any atom is 0.356 e. The van der Waals surface area contributed by atoms with Crippen molar-refractivity contribution in [3.63, 3.8) is 0 Å². The van der Waals surface area contributed by atoms with E-state index in [1.54, 1.807) is 32.2 Å². The van der Waals surface area contributed by atoms with Gasteiger partial charge in [-0.05, 0) is 52.8 Å². The van der Waals surface area contributed by atoms with Gasteiger partial charge in [-0.1, -0.05) is 11.6 Å². The number of hydrogen-bond donors (Lipinski definition) is 0. The number of ether oxygens (including phenoxy) is 1. The lowest BCUT2D eigenvalue weighted by Gasteiger charge is -2.27. The maximum absolute atomic E-state index is 14.6. The molecule has 1 atom stereocenters. The number of halogens is 2. The summed E-state index contributed by atoms with van der Waals surface area (Å²) in [7, 11) is 4.90. The first kappa shape index (κ1) is 28.7. The van der Waals surface area contributed by atoms with E-state index in [2.05, 4.69) is 34.7 Å². The second-order valence-corrected chi connectivity index (χ2v) is 8.92. The molecule has 3 aromatic rings. The number of carbonyl (C=O) groups is 1. The third-order valence-corrected chi connectivity index (χ3v) is 5.64. The van der Waals surface area contributed by atoms with Crippen LogP contribution >= 0.6 is 11.6 Å². The lowest BCUT2D eigenvalue weighted by atomic mass is 9.97. The lowest BCUT2D eigenvalue weighted by Crippen LogP contribution is -2.35. The Morgan fingerprint density at radius 1 is 1.19 bits per heavy atom. The molecule has 0 aliphatic heterocycles. The molecule has 0 saturated carbocycles. The van der Waals surface area contributed by atoms with Crippen molar-refractivity contribution in [1.82, 2.24) is 19.9 Å². The van der Waals surface area contributed by atoms with Gasteiger partial charge in [0.2, 0.25) is 0 Å². The Hall–Kier alpha value is -3.53. The number of aliphatic imine (C=N–C) groups is 2. The molecule has 1 aromatic carbocycles. The molecule has 0 saturated heterocycles. The summed E-state index contributed by atoms with van der Waals surface area (Å²) in [6.07, 6.45) is 4.30. The average Bonchev–Trinajstić information content (AvgIpc) is 2.84. The molecule has 36 heavy (non-hydrogen) atoms. The molecule has 0 fully saturated rings. The van der Waals surface area contributed by atoms with E-state index in [9.17, 15) is 9.18 Å². The fourth-order valence-corrected chi connectivity index (χ4v) is 3.46. The summed E-state index contributed by atoms with van der Waals surface area (Å²) in [5.41, 5.74) is 1.37. The number of alkyl halides is 1.